The van der Waals surface area contributed by atoms with Crippen molar-refractivity contribution in [3.63, 3.8) is 0 Å². The molecule has 1 atom stereocenters. The van der Waals surface area contributed by atoms with Gasteiger partial charge in [0.25, 0.3) is 0 Å². The maximum absolute atomic E-state index is 13.1. The van der Waals surface area contributed by atoms with Crippen LogP contribution in [0.5, 0.6) is 0 Å². The van der Waals surface area contributed by atoms with Gasteiger partial charge in [-0.3, -0.25) is 9.79 Å². The predicted molar refractivity (Wildman–Crippen MR) is 149 cm³/mol. The summed E-state index contributed by atoms with van der Waals surface area (Å²) >= 11 is 0. The standard InChI is InChI=1S/C28H36N6O5/c1-33(18-24(26(36)37)32-28(38)39-19-20-7-3-2-4-8-20)25(35)21-11-15-34(16-12-21)23-10-5-9-22(17-23)31-27-29-13-6-14-30-27/h2-5,7-10,17,21,24H,6,11-16,18-19H2,1H3,(H,32,38)(H,36,37)(H2,29,30,31)/t24-/m0/s1. The number of rotatable bonds is 9. The Morgan fingerprint density at radius 1 is 1.15 bits per heavy atom. The van der Waals surface area contributed by atoms with E-state index in [1.54, 1.807) is 19.2 Å². The first kappa shape index (κ1) is 27.7. The van der Waals surface area contributed by atoms with Crippen LogP contribution in [0.15, 0.2) is 59.6 Å². The second-order valence-corrected chi connectivity index (χ2v) is 9.76. The van der Waals surface area contributed by atoms with Crippen LogP contribution in [0.1, 0.15) is 24.8 Å². The number of likely N-dealkylation sites (N-methyl/N-ethyl adjacent to an activating group) is 1. The highest BCUT2D eigenvalue weighted by Gasteiger charge is 2.30. The Morgan fingerprint density at radius 3 is 2.62 bits per heavy atom. The van der Waals surface area contributed by atoms with Gasteiger partial charge in [-0.05, 0) is 43.0 Å². The number of alkyl carbamates (subject to hydrolysis) is 1. The molecule has 0 aliphatic carbocycles. The first-order valence-corrected chi connectivity index (χ1v) is 13.2. The van der Waals surface area contributed by atoms with Crippen LogP contribution in [-0.4, -0.2) is 79.7 Å². The number of aliphatic carboxylic acids is 1. The molecule has 1 fully saturated rings. The third-order valence-corrected chi connectivity index (χ3v) is 6.85. The Morgan fingerprint density at radius 2 is 1.92 bits per heavy atom. The van der Waals surface area contributed by atoms with Gasteiger partial charge in [-0.1, -0.05) is 36.4 Å². The summed E-state index contributed by atoms with van der Waals surface area (Å²) in [7, 11) is 1.57. The maximum atomic E-state index is 13.1. The summed E-state index contributed by atoms with van der Waals surface area (Å²) in [6.07, 6.45) is 1.49. The highest BCUT2D eigenvalue weighted by Crippen LogP contribution is 2.26. The van der Waals surface area contributed by atoms with E-state index in [1.807, 2.05) is 30.3 Å². The summed E-state index contributed by atoms with van der Waals surface area (Å²) in [5.74, 6) is -0.793. The van der Waals surface area contributed by atoms with Crippen molar-refractivity contribution in [2.45, 2.75) is 31.9 Å². The smallest absolute Gasteiger partial charge is 0.408 e. The van der Waals surface area contributed by atoms with Gasteiger partial charge in [-0.15, -0.1) is 0 Å². The van der Waals surface area contributed by atoms with Crippen LogP contribution in [0.2, 0.25) is 0 Å². The average molecular weight is 537 g/mol. The Hall–Kier alpha value is -4.28. The molecule has 11 heteroatoms. The van der Waals surface area contributed by atoms with Gasteiger partial charge < -0.3 is 35.6 Å². The number of carboxylic acid groups (broad SMARTS) is 1. The molecule has 2 amide bonds. The number of carboxylic acids is 1. The second-order valence-electron chi connectivity index (χ2n) is 9.76. The van der Waals surface area contributed by atoms with E-state index < -0.39 is 18.1 Å². The third kappa shape index (κ3) is 8.10. The van der Waals surface area contributed by atoms with Gasteiger partial charge in [0.2, 0.25) is 5.91 Å². The van der Waals surface area contributed by atoms with Crippen LogP contribution in [0.25, 0.3) is 0 Å². The number of carbonyl (C=O) groups excluding carboxylic acids is 2. The van der Waals surface area contributed by atoms with E-state index in [4.69, 9.17) is 4.74 Å². The monoisotopic (exact) mass is 536 g/mol. The fourth-order valence-corrected chi connectivity index (χ4v) is 4.69. The number of hydrogen-bond donors (Lipinski definition) is 4. The number of guanidine groups is 1. The van der Waals surface area contributed by atoms with Crippen molar-refractivity contribution in [1.82, 2.24) is 15.5 Å². The minimum absolute atomic E-state index is 0.0248. The average Bonchev–Trinajstić information content (AvgIpc) is 2.96. The summed E-state index contributed by atoms with van der Waals surface area (Å²) in [4.78, 5) is 45.1. The van der Waals surface area contributed by atoms with Gasteiger partial charge in [0.1, 0.15) is 12.6 Å². The van der Waals surface area contributed by atoms with Gasteiger partial charge in [-0.2, -0.15) is 0 Å². The first-order valence-electron chi connectivity index (χ1n) is 13.2. The number of hydrogen-bond acceptors (Lipinski definition) is 8. The second kappa shape index (κ2) is 13.5. The maximum Gasteiger partial charge on any atom is 0.408 e. The fourth-order valence-electron chi connectivity index (χ4n) is 4.69. The molecule has 2 aromatic rings. The van der Waals surface area contributed by atoms with Crippen molar-refractivity contribution in [2.75, 3.05) is 50.0 Å². The van der Waals surface area contributed by atoms with Crippen LogP contribution in [0.3, 0.4) is 0 Å². The number of carbonyl (C=O) groups is 3. The molecule has 2 aliphatic rings. The van der Waals surface area contributed by atoms with Crippen LogP contribution in [-0.2, 0) is 20.9 Å². The highest BCUT2D eigenvalue weighted by atomic mass is 16.5. The number of ether oxygens (including phenoxy) is 1. The van der Waals surface area contributed by atoms with Crippen molar-refractivity contribution >= 4 is 35.3 Å². The molecule has 4 N–H and O–H groups in total. The normalized spacial score (nSPS) is 16.3. The Kier molecular flexibility index (Phi) is 9.60. The predicted octanol–water partition coefficient (Wildman–Crippen LogP) is 2.50. The molecule has 0 radical (unpaired) electrons. The molecule has 39 heavy (non-hydrogen) atoms. The first-order chi connectivity index (χ1) is 18.9. The zero-order valence-electron chi connectivity index (χ0n) is 22.1. The van der Waals surface area contributed by atoms with Crippen LogP contribution >= 0.6 is 0 Å². The van der Waals surface area contributed by atoms with E-state index in [1.165, 1.54) is 4.90 Å². The van der Waals surface area contributed by atoms with Gasteiger partial charge in [-0.25, -0.2) is 9.59 Å². The summed E-state index contributed by atoms with van der Waals surface area (Å²) in [5.41, 5.74) is 2.81. The molecular weight excluding hydrogens is 500 g/mol. The summed E-state index contributed by atoms with van der Waals surface area (Å²) < 4.78 is 5.13. The van der Waals surface area contributed by atoms with Crippen molar-refractivity contribution in [2.24, 2.45) is 10.9 Å². The lowest BCUT2D eigenvalue weighted by Crippen LogP contribution is -2.50. The zero-order valence-corrected chi connectivity index (χ0v) is 22.1. The quantitative estimate of drug-likeness (QED) is 0.384. The number of benzene rings is 2. The molecule has 0 bridgehead atoms. The molecule has 0 unspecified atom stereocenters. The van der Waals surface area contributed by atoms with Crippen molar-refractivity contribution < 1.29 is 24.2 Å². The van der Waals surface area contributed by atoms with Crippen molar-refractivity contribution in [3.05, 3.63) is 60.2 Å². The minimum Gasteiger partial charge on any atom is -0.480 e. The molecule has 208 valence electrons. The van der Waals surface area contributed by atoms with E-state index in [0.717, 1.165) is 42.4 Å². The number of nitrogens with zero attached hydrogens (tertiary/aromatic N) is 3. The van der Waals surface area contributed by atoms with Crippen molar-refractivity contribution in [1.29, 1.82) is 0 Å². The largest absolute Gasteiger partial charge is 0.480 e. The molecule has 11 nitrogen and oxygen atoms in total. The molecule has 1 saturated heterocycles. The van der Waals surface area contributed by atoms with E-state index in [-0.39, 0.29) is 25.0 Å². The van der Waals surface area contributed by atoms with Gasteiger partial charge in [0, 0.05) is 50.5 Å². The van der Waals surface area contributed by atoms with Gasteiger partial charge in [0.05, 0.1) is 6.54 Å². The molecule has 2 heterocycles. The van der Waals surface area contributed by atoms with Crippen LogP contribution < -0.4 is 20.9 Å². The highest BCUT2D eigenvalue weighted by molar-refractivity contribution is 5.94. The molecule has 0 aromatic heterocycles. The Labute approximate surface area is 228 Å². The summed E-state index contributed by atoms with van der Waals surface area (Å²) in [6, 6.07) is 15.9. The lowest BCUT2D eigenvalue weighted by molar-refractivity contribution is -0.141. The lowest BCUT2D eigenvalue weighted by Gasteiger charge is -2.35. The summed E-state index contributed by atoms with van der Waals surface area (Å²) in [6.45, 7) is 3.01. The van der Waals surface area contributed by atoms with Crippen molar-refractivity contribution in [3.8, 4) is 0 Å². The molecule has 0 saturated carbocycles. The summed E-state index contributed by atoms with van der Waals surface area (Å²) in [5, 5.41) is 18.5. The Bertz CT molecular complexity index is 1170. The van der Waals surface area contributed by atoms with E-state index >= 15 is 0 Å². The molecule has 2 aliphatic heterocycles. The number of amides is 2. The fraction of sp³-hybridized carbons (Fsp3) is 0.429. The third-order valence-electron chi connectivity index (χ3n) is 6.85. The van der Waals surface area contributed by atoms with Gasteiger partial charge in [0.15, 0.2) is 5.96 Å². The number of aliphatic imine (C=N–C) groups is 1. The SMILES string of the molecule is CN(C[C@H](NC(=O)OCc1ccccc1)C(=O)O)C(=O)C1CCN(c2cccc(NC3=NCCCN3)c2)CC1. The number of anilines is 2. The molecule has 2 aromatic carbocycles. The van der Waals surface area contributed by atoms with E-state index in [2.05, 4.69) is 38.0 Å². The lowest BCUT2D eigenvalue weighted by atomic mass is 9.94. The Balaban J connectivity index is 1.25. The number of nitrogens with one attached hydrogen (secondary N) is 3. The van der Waals surface area contributed by atoms with E-state index in [9.17, 15) is 19.5 Å². The molecule has 0 spiro atoms. The number of piperidine rings is 1. The molecule has 4 rings (SSSR count). The van der Waals surface area contributed by atoms with Gasteiger partial charge >= 0.3 is 12.1 Å². The van der Waals surface area contributed by atoms with E-state index in [0.29, 0.717) is 25.9 Å². The topological polar surface area (TPSA) is 136 Å². The molecular formula is C28H36N6O5. The minimum atomic E-state index is -1.28. The van der Waals surface area contributed by atoms with Crippen LogP contribution in [0.4, 0.5) is 16.2 Å². The van der Waals surface area contributed by atoms with Crippen LogP contribution in [0, 0.1) is 5.92 Å². The zero-order chi connectivity index (χ0) is 27.6.